The molecule has 0 aliphatic rings. The molecule has 0 aliphatic carbocycles. The van der Waals surface area contributed by atoms with Crippen molar-refractivity contribution in [3.8, 4) is 6.07 Å². The van der Waals surface area contributed by atoms with Crippen LogP contribution in [0.5, 0.6) is 0 Å². The highest BCUT2D eigenvalue weighted by atomic mass is 32.2. The van der Waals surface area contributed by atoms with Gasteiger partial charge in [-0.25, -0.2) is 13.1 Å². The van der Waals surface area contributed by atoms with Gasteiger partial charge < -0.3 is 0 Å². The van der Waals surface area contributed by atoms with Crippen LogP contribution in [-0.4, -0.2) is 14.5 Å². The van der Waals surface area contributed by atoms with Crippen molar-refractivity contribution in [1.29, 1.82) is 5.26 Å². The second-order valence-corrected chi connectivity index (χ2v) is 8.09. The SMILES string of the molecule is CC(Cc1cccs1)NS(=O)(=O)c1ccc(C#N)s1. The van der Waals surface area contributed by atoms with Crippen LogP contribution < -0.4 is 4.72 Å². The Bertz CT molecular complexity index is 681. The molecule has 0 saturated carbocycles. The Morgan fingerprint density at radius 2 is 2.21 bits per heavy atom. The van der Waals surface area contributed by atoms with E-state index in [1.807, 2.05) is 30.5 Å². The maximum absolute atomic E-state index is 12.1. The first kappa shape index (κ1) is 14.2. The number of rotatable bonds is 5. The van der Waals surface area contributed by atoms with E-state index in [1.54, 1.807) is 11.3 Å². The zero-order valence-corrected chi connectivity index (χ0v) is 12.6. The number of nitriles is 1. The summed E-state index contributed by atoms with van der Waals surface area (Å²) in [5, 5.41) is 10.7. The highest BCUT2D eigenvalue weighted by molar-refractivity contribution is 7.91. The van der Waals surface area contributed by atoms with Gasteiger partial charge in [0.2, 0.25) is 10.0 Å². The summed E-state index contributed by atoms with van der Waals surface area (Å²) >= 11 is 2.59. The third-order valence-electron chi connectivity index (χ3n) is 2.40. The summed E-state index contributed by atoms with van der Waals surface area (Å²) in [6.07, 6.45) is 0.660. The normalized spacial score (nSPS) is 13.1. The number of sulfonamides is 1. The number of nitrogens with zero attached hydrogens (tertiary/aromatic N) is 1. The molecule has 2 aromatic heterocycles. The van der Waals surface area contributed by atoms with Crippen LogP contribution in [0.15, 0.2) is 33.9 Å². The molecule has 0 radical (unpaired) electrons. The molecule has 2 heterocycles. The van der Waals surface area contributed by atoms with Crippen molar-refractivity contribution >= 4 is 32.7 Å². The van der Waals surface area contributed by atoms with Crippen LogP contribution >= 0.6 is 22.7 Å². The number of hydrogen-bond donors (Lipinski definition) is 1. The molecule has 1 N–H and O–H groups in total. The average molecular weight is 312 g/mol. The zero-order valence-electron chi connectivity index (χ0n) is 10.2. The van der Waals surface area contributed by atoms with Gasteiger partial charge in [0.15, 0.2) is 0 Å². The largest absolute Gasteiger partial charge is 0.250 e. The van der Waals surface area contributed by atoms with Crippen LogP contribution in [0.25, 0.3) is 0 Å². The maximum atomic E-state index is 12.1. The van der Waals surface area contributed by atoms with E-state index in [1.165, 1.54) is 12.1 Å². The first-order valence-corrected chi connectivity index (χ1v) is 8.74. The molecule has 1 unspecified atom stereocenters. The molecule has 7 heteroatoms. The molecule has 2 aromatic rings. The lowest BCUT2D eigenvalue weighted by Gasteiger charge is -2.12. The molecule has 1 atom stereocenters. The molecule has 2 rings (SSSR count). The summed E-state index contributed by atoms with van der Waals surface area (Å²) in [6.45, 7) is 1.83. The Balaban J connectivity index is 2.07. The molecule has 100 valence electrons. The molecule has 4 nitrogen and oxygen atoms in total. The lowest BCUT2D eigenvalue weighted by atomic mass is 10.2. The molecule has 0 amide bonds. The molecule has 0 aliphatic heterocycles. The first-order chi connectivity index (χ1) is 9.01. The van der Waals surface area contributed by atoms with E-state index in [0.717, 1.165) is 16.2 Å². The summed E-state index contributed by atoms with van der Waals surface area (Å²) in [7, 11) is -3.53. The fourth-order valence-corrected chi connectivity index (χ4v) is 4.82. The summed E-state index contributed by atoms with van der Waals surface area (Å²) < 4.78 is 27.0. The monoisotopic (exact) mass is 312 g/mol. The lowest BCUT2D eigenvalue weighted by Crippen LogP contribution is -2.33. The van der Waals surface area contributed by atoms with Crippen LogP contribution in [0.1, 0.15) is 16.7 Å². The molecular weight excluding hydrogens is 300 g/mol. The highest BCUT2D eigenvalue weighted by Gasteiger charge is 2.19. The Morgan fingerprint density at radius 1 is 1.42 bits per heavy atom. The van der Waals surface area contributed by atoms with E-state index < -0.39 is 10.0 Å². The van der Waals surface area contributed by atoms with Crippen molar-refractivity contribution in [2.45, 2.75) is 23.6 Å². The van der Waals surface area contributed by atoms with E-state index in [-0.39, 0.29) is 10.3 Å². The summed E-state index contributed by atoms with van der Waals surface area (Å²) in [5.74, 6) is 0. The molecule has 0 fully saturated rings. The van der Waals surface area contributed by atoms with Crippen LogP contribution in [0.2, 0.25) is 0 Å². The van der Waals surface area contributed by atoms with Crippen molar-refractivity contribution in [2.24, 2.45) is 0 Å². The van der Waals surface area contributed by atoms with Crippen LogP contribution in [0, 0.1) is 11.3 Å². The number of hydrogen-bond acceptors (Lipinski definition) is 5. The minimum atomic E-state index is -3.53. The molecule has 0 bridgehead atoms. The number of thiophene rings is 2. The Labute approximate surface area is 120 Å². The number of nitrogens with one attached hydrogen (secondary N) is 1. The van der Waals surface area contributed by atoms with Crippen molar-refractivity contribution in [3.05, 3.63) is 39.4 Å². The predicted molar refractivity (Wildman–Crippen MR) is 76.8 cm³/mol. The van der Waals surface area contributed by atoms with Gasteiger partial charge in [-0.3, -0.25) is 0 Å². The summed E-state index contributed by atoms with van der Waals surface area (Å²) in [5.41, 5.74) is 0. The van der Waals surface area contributed by atoms with E-state index >= 15 is 0 Å². The van der Waals surface area contributed by atoms with Crippen LogP contribution in [-0.2, 0) is 16.4 Å². The first-order valence-electron chi connectivity index (χ1n) is 5.56. The van der Waals surface area contributed by atoms with Gasteiger partial charge in [-0.1, -0.05) is 6.07 Å². The van der Waals surface area contributed by atoms with Gasteiger partial charge >= 0.3 is 0 Å². The fourth-order valence-electron chi connectivity index (χ4n) is 1.62. The zero-order chi connectivity index (χ0) is 13.9. The Kier molecular flexibility index (Phi) is 4.37. The van der Waals surface area contributed by atoms with Gasteiger partial charge in [0.05, 0.1) is 0 Å². The minimum absolute atomic E-state index is 0.182. The van der Waals surface area contributed by atoms with Crippen LogP contribution in [0.3, 0.4) is 0 Å². The third kappa shape index (κ3) is 3.64. The van der Waals surface area contributed by atoms with Crippen molar-refractivity contribution in [1.82, 2.24) is 4.72 Å². The minimum Gasteiger partial charge on any atom is -0.207 e. The van der Waals surface area contributed by atoms with Crippen LogP contribution in [0.4, 0.5) is 0 Å². The molecular formula is C12H12N2O2S3. The van der Waals surface area contributed by atoms with E-state index in [0.29, 0.717) is 11.3 Å². The average Bonchev–Trinajstić information content (AvgIpc) is 2.97. The Morgan fingerprint density at radius 3 is 2.79 bits per heavy atom. The second-order valence-electron chi connectivity index (χ2n) is 4.04. The molecule has 0 saturated heterocycles. The summed E-state index contributed by atoms with van der Waals surface area (Å²) in [6, 6.07) is 8.66. The third-order valence-corrected chi connectivity index (χ3v) is 6.37. The molecule has 0 aromatic carbocycles. The quantitative estimate of drug-likeness (QED) is 0.922. The predicted octanol–water partition coefficient (Wildman–Crippen LogP) is 2.59. The van der Waals surface area contributed by atoms with Gasteiger partial charge in [-0.15, -0.1) is 22.7 Å². The van der Waals surface area contributed by atoms with Gasteiger partial charge in [0.1, 0.15) is 15.2 Å². The fraction of sp³-hybridized carbons (Fsp3) is 0.250. The van der Waals surface area contributed by atoms with Gasteiger partial charge in [0, 0.05) is 10.9 Å². The topological polar surface area (TPSA) is 70.0 Å². The Hall–Kier alpha value is -1.20. The van der Waals surface area contributed by atoms with Gasteiger partial charge in [0.25, 0.3) is 0 Å². The second kappa shape index (κ2) is 5.84. The lowest BCUT2D eigenvalue weighted by molar-refractivity contribution is 0.563. The van der Waals surface area contributed by atoms with Gasteiger partial charge in [-0.2, -0.15) is 5.26 Å². The van der Waals surface area contributed by atoms with E-state index in [2.05, 4.69) is 4.72 Å². The molecule has 0 spiro atoms. The summed E-state index contributed by atoms with van der Waals surface area (Å²) in [4.78, 5) is 1.53. The highest BCUT2D eigenvalue weighted by Crippen LogP contribution is 2.21. The van der Waals surface area contributed by atoms with E-state index in [9.17, 15) is 8.42 Å². The van der Waals surface area contributed by atoms with Crippen molar-refractivity contribution < 1.29 is 8.42 Å². The van der Waals surface area contributed by atoms with Gasteiger partial charge in [-0.05, 0) is 36.9 Å². The standard InChI is InChI=1S/C12H12N2O2S3/c1-9(7-10-3-2-6-17-10)14-19(15,16)12-5-4-11(8-13)18-12/h2-6,9,14H,7H2,1H3. The maximum Gasteiger partial charge on any atom is 0.250 e. The van der Waals surface area contributed by atoms with Crippen molar-refractivity contribution in [2.75, 3.05) is 0 Å². The molecule has 19 heavy (non-hydrogen) atoms. The smallest absolute Gasteiger partial charge is 0.207 e. The van der Waals surface area contributed by atoms with E-state index in [4.69, 9.17) is 5.26 Å². The van der Waals surface area contributed by atoms with Crippen molar-refractivity contribution in [3.63, 3.8) is 0 Å².